The topological polar surface area (TPSA) is 106 Å². The molecule has 2 amide bonds. The molecule has 0 saturated carbocycles. The second kappa shape index (κ2) is 9.38. The minimum Gasteiger partial charge on any atom is -0.336 e. The predicted octanol–water partition coefficient (Wildman–Crippen LogP) is 3.76. The number of anilines is 1. The predicted molar refractivity (Wildman–Crippen MR) is 130 cm³/mol. The Morgan fingerprint density at radius 2 is 1.91 bits per heavy atom. The SMILES string of the molecule is CCn1ncc(CN(C)C(=O)c2nc(-c3ccnc(NC(C)=O)c3)nc3ccc(C)cc23)c1C. The number of carbonyl (C=O) groups is 2. The summed E-state index contributed by atoms with van der Waals surface area (Å²) in [4.78, 5) is 40.2. The molecule has 0 fully saturated rings. The molecule has 0 unspecified atom stereocenters. The average molecular weight is 458 g/mol. The fourth-order valence-corrected chi connectivity index (χ4v) is 3.82. The summed E-state index contributed by atoms with van der Waals surface area (Å²) >= 11 is 0. The molecule has 0 saturated heterocycles. The number of rotatable bonds is 6. The molecule has 0 atom stereocenters. The maximum absolute atomic E-state index is 13.6. The van der Waals surface area contributed by atoms with Crippen molar-refractivity contribution in [3.63, 3.8) is 0 Å². The number of hydrogen-bond donors (Lipinski definition) is 1. The third-order valence-corrected chi connectivity index (χ3v) is 5.63. The van der Waals surface area contributed by atoms with E-state index < -0.39 is 0 Å². The molecular formula is C25H27N7O2. The van der Waals surface area contributed by atoms with Crippen molar-refractivity contribution in [1.29, 1.82) is 0 Å². The third-order valence-electron chi connectivity index (χ3n) is 5.63. The van der Waals surface area contributed by atoms with Gasteiger partial charge in [0.1, 0.15) is 11.5 Å². The molecule has 3 heterocycles. The summed E-state index contributed by atoms with van der Waals surface area (Å²) < 4.78 is 1.91. The van der Waals surface area contributed by atoms with Crippen LogP contribution in [-0.2, 0) is 17.9 Å². The van der Waals surface area contributed by atoms with Crippen LogP contribution in [0.3, 0.4) is 0 Å². The van der Waals surface area contributed by atoms with Crippen LogP contribution in [0.25, 0.3) is 22.3 Å². The fourth-order valence-electron chi connectivity index (χ4n) is 3.82. The fraction of sp³-hybridized carbons (Fsp3) is 0.280. The van der Waals surface area contributed by atoms with E-state index in [1.807, 2.05) is 43.7 Å². The molecule has 0 aliphatic rings. The van der Waals surface area contributed by atoms with Crippen LogP contribution in [0.15, 0.2) is 42.7 Å². The summed E-state index contributed by atoms with van der Waals surface area (Å²) in [7, 11) is 1.76. The van der Waals surface area contributed by atoms with Crippen LogP contribution >= 0.6 is 0 Å². The number of pyridine rings is 1. The van der Waals surface area contributed by atoms with Crippen molar-refractivity contribution in [2.45, 2.75) is 40.8 Å². The first-order valence-electron chi connectivity index (χ1n) is 11.1. The number of hydrogen-bond acceptors (Lipinski definition) is 6. The molecule has 4 aromatic rings. The van der Waals surface area contributed by atoms with E-state index in [9.17, 15) is 9.59 Å². The van der Waals surface area contributed by atoms with Crippen molar-refractivity contribution in [2.75, 3.05) is 12.4 Å². The Kier molecular flexibility index (Phi) is 6.36. The maximum Gasteiger partial charge on any atom is 0.273 e. The number of carbonyl (C=O) groups excluding carboxylic acids is 2. The van der Waals surface area contributed by atoms with Crippen LogP contribution in [0.4, 0.5) is 5.82 Å². The van der Waals surface area contributed by atoms with Crippen molar-refractivity contribution in [3.8, 4) is 11.4 Å². The van der Waals surface area contributed by atoms with Gasteiger partial charge in [-0.15, -0.1) is 0 Å². The Hall–Kier alpha value is -4.14. The van der Waals surface area contributed by atoms with Crippen molar-refractivity contribution in [2.24, 2.45) is 0 Å². The molecule has 3 aromatic heterocycles. The van der Waals surface area contributed by atoms with Gasteiger partial charge in [-0.1, -0.05) is 11.6 Å². The molecule has 0 radical (unpaired) electrons. The van der Waals surface area contributed by atoms with E-state index in [1.54, 1.807) is 36.5 Å². The minimum absolute atomic E-state index is 0.209. The summed E-state index contributed by atoms with van der Waals surface area (Å²) in [5.41, 5.74) is 4.68. The molecule has 4 rings (SSSR count). The van der Waals surface area contributed by atoms with Crippen molar-refractivity contribution >= 4 is 28.5 Å². The zero-order valence-electron chi connectivity index (χ0n) is 20.0. The van der Waals surface area contributed by atoms with Crippen LogP contribution in [0.2, 0.25) is 0 Å². The highest BCUT2D eigenvalue weighted by Gasteiger charge is 2.21. The zero-order valence-corrected chi connectivity index (χ0v) is 20.0. The second-order valence-corrected chi connectivity index (χ2v) is 8.26. The van der Waals surface area contributed by atoms with E-state index in [-0.39, 0.29) is 11.8 Å². The maximum atomic E-state index is 13.6. The zero-order chi connectivity index (χ0) is 24.4. The monoisotopic (exact) mass is 457 g/mol. The molecule has 1 aromatic carbocycles. The highest BCUT2D eigenvalue weighted by atomic mass is 16.2. The van der Waals surface area contributed by atoms with Gasteiger partial charge >= 0.3 is 0 Å². The van der Waals surface area contributed by atoms with E-state index in [0.29, 0.717) is 40.3 Å². The van der Waals surface area contributed by atoms with Crippen LogP contribution in [-0.4, -0.2) is 48.5 Å². The number of aryl methyl sites for hydroxylation is 2. The van der Waals surface area contributed by atoms with Crippen molar-refractivity contribution in [3.05, 3.63) is 65.2 Å². The van der Waals surface area contributed by atoms with E-state index in [4.69, 9.17) is 0 Å². The van der Waals surface area contributed by atoms with Gasteiger partial charge in [-0.25, -0.2) is 15.0 Å². The Labute approximate surface area is 197 Å². The third kappa shape index (κ3) is 4.63. The summed E-state index contributed by atoms with van der Waals surface area (Å²) in [6, 6.07) is 9.21. The Morgan fingerprint density at radius 3 is 2.62 bits per heavy atom. The highest BCUT2D eigenvalue weighted by Crippen LogP contribution is 2.25. The summed E-state index contributed by atoms with van der Waals surface area (Å²) in [5, 5.41) is 7.74. The van der Waals surface area contributed by atoms with Crippen LogP contribution in [0.5, 0.6) is 0 Å². The van der Waals surface area contributed by atoms with E-state index >= 15 is 0 Å². The quantitative estimate of drug-likeness (QED) is 0.473. The molecule has 0 aliphatic carbocycles. The van der Waals surface area contributed by atoms with Gasteiger partial charge in [-0.3, -0.25) is 14.3 Å². The first-order chi connectivity index (χ1) is 16.3. The van der Waals surface area contributed by atoms with Gasteiger partial charge in [-0.2, -0.15) is 5.10 Å². The molecule has 1 N–H and O–H groups in total. The van der Waals surface area contributed by atoms with Gasteiger partial charge < -0.3 is 10.2 Å². The lowest BCUT2D eigenvalue weighted by Gasteiger charge is -2.18. The van der Waals surface area contributed by atoms with Gasteiger partial charge in [-0.05, 0) is 45.0 Å². The molecule has 0 aliphatic heterocycles. The molecule has 9 nitrogen and oxygen atoms in total. The van der Waals surface area contributed by atoms with Crippen LogP contribution in [0.1, 0.15) is 41.2 Å². The van der Waals surface area contributed by atoms with Crippen LogP contribution < -0.4 is 5.32 Å². The number of amides is 2. The van der Waals surface area contributed by atoms with Gasteiger partial charge in [0.15, 0.2) is 5.82 Å². The smallest absolute Gasteiger partial charge is 0.273 e. The van der Waals surface area contributed by atoms with Crippen molar-refractivity contribution in [1.82, 2.24) is 29.6 Å². The second-order valence-electron chi connectivity index (χ2n) is 8.26. The summed E-state index contributed by atoms with van der Waals surface area (Å²) in [6.07, 6.45) is 3.38. The number of fused-ring (bicyclic) bond motifs is 1. The molecule has 9 heteroatoms. The Morgan fingerprint density at radius 1 is 1.12 bits per heavy atom. The lowest BCUT2D eigenvalue weighted by molar-refractivity contribution is -0.114. The van der Waals surface area contributed by atoms with E-state index in [1.165, 1.54) is 6.92 Å². The van der Waals surface area contributed by atoms with Gasteiger partial charge in [0.2, 0.25) is 5.91 Å². The highest BCUT2D eigenvalue weighted by molar-refractivity contribution is 6.05. The van der Waals surface area contributed by atoms with Gasteiger partial charge in [0.25, 0.3) is 5.91 Å². The minimum atomic E-state index is -0.223. The largest absolute Gasteiger partial charge is 0.336 e. The molecule has 0 spiro atoms. The summed E-state index contributed by atoms with van der Waals surface area (Å²) in [6.45, 7) is 8.61. The number of nitrogens with zero attached hydrogens (tertiary/aromatic N) is 6. The first kappa shape index (κ1) is 23.0. The van der Waals surface area contributed by atoms with Crippen LogP contribution in [0, 0.1) is 13.8 Å². The first-order valence-corrected chi connectivity index (χ1v) is 11.1. The van der Waals surface area contributed by atoms with Gasteiger partial charge in [0.05, 0.1) is 11.7 Å². The Balaban J connectivity index is 1.76. The average Bonchev–Trinajstić information content (AvgIpc) is 3.16. The molecule has 34 heavy (non-hydrogen) atoms. The standard InChI is InChI=1S/C25H27N7O2/c1-6-32-16(3)19(13-27-32)14-31(5)25(34)23-20-11-15(2)7-8-21(20)29-24(30-23)18-9-10-26-22(12-18)28-17(4)33/h7-13H,6,14H2,1-5H3,(H,26,28,33). The molecular weight excluding hydrogens is 430 g/mol. The molecule has 174 valence electrons. The normalized spacial score (nSPS) is 11.0. The molecule has 0 bridgehead atoms. The Bertz CT molecular complexity index is 1390. The van der Waals surface area contributed by atoms with Crippen molar-refractivity contribution < 1.29 is 9.59 Å². The number of benzene rings is 1. The number of nitrogens with one attached hydrogen (secondary N) is 1. The van der Waals surface area contributed by atoms with Gasteiger partial charge in [0, 0.05) is 55.5 Å². The summed E-state index contributed by atoms with van der Waals surface area (Å²) in [5.74, 6) is 0.348. The lowest BCUT2D eigenvalue weighted by Crippen LogP contribution is -2.28. The van der Waals surface area contributed by atoms with E-state index in [0.717, 1.165) is 23.4 Å². The van der Waals surface area contributed by atoms with E-state index in [2.05, 4.69) is 25.4 Å². The number of aromatic nitrogens is 5. The lowest BCUT2D eigenvalue weighted by atomic mass is 10.1.